The van der Waals surface area contributed by atoms with E-state index in [0.717, 1.165) is 10.0 Å². The molecule has 8 heteroatoms. The van der Waals surface area contributed by atoms with Gasteiger partial charge in [0.15, 0.2) is 5.13 Å². The summed E-state index contributed by atoms with van der Waals surface area (Å²) in [5, 5.41) is 0.964. The number of nitrogens with zero attached hydrogens (tertiary/aromatic N) is 4. The molecule has 0 aliphatic carbocycles. The molecule has 6 nitrogen and oxygen atoms in total. The average Bonchev–Trinajstić information content (AvgIpc) is 2.95. The van der Waals surface area contributed by atoms with Crippen LogP contribution in [0.15, 0.2) is 35.6 Å². The van der Waals surface area contributed by atoms with E-state index in [1.807, 2.05) is 13.1 Å². The largest absolute Gasteiger partial charge is 0.345 e. The first-order valence-corrected chi connectivity index (χ1v) is 8.90. The molecular weight excluding hydrogens is 308 g/mol. The summed E-state index contributed by atoms with van der Waals surface area (Å²) in [5.41, 5.74) is 0. The monoisotopic (exact) mass is 324 g/mol. The number of thiazole rings is 1. The number of aryl methyl sites for hydroxylation is 1. The second kappa shape index (κ2) is 5.70. The molecule has 0 saturated carbocycles. The molecule has 0 spiro atoms. The Balaban J connectivity index is 1.71. The van der Waals surface area contributed by atoms with E-state index in [9.17, 15) is 8.42 Å². The quantitative estimate of drug-likeness (QED) is 0.853. The molecule has 2 aromatic rings. The van der Waals surface area contributed by atoms with E-state index < -0.39 is 10.0 Å². The first-order valence-electron chi connectivity index (χ1n) is 6.65. The zero-order valence-corrected chi connectivity index (χ0v) is 13.3. The van der Waals surface area contributed by atoms with Crippen molar-refractivity contribution in [3.63, 3.8) is 0 Å². The Hall–Kier alpha value is -1.51. The molecule has 1 fully saturated rings. The Kier molecular flexibility index (Phi) is 3.92. The van der Waals surface area contributed by atoms with E-state index in [4.69, 9.17) is 0 Å². The lowest BCUT2D eigenvalue weighted by Crippen LogP contribution is -2.48. The van der Waals surface area contributed by atoms with E-state index >= 15 is 0 Å². The third kappa shape index (κ3) is 2.92. The van der Waals surface area contributed by atoms with Crippen LogP contribution >= 0.6 is 11.3 Å². The SMILES string of the molecule is Cc1cnc(N2CCN(S(=O)(=O)c3cccnc3)CC2)s1. The standard InChI is InChI=1S/C13H16N4O2S2/c1-11-9-15-13(20-11)16-5-7-17(8-6-16)21(18,19)12-3-2-4-14-10-12/h2-4,9-10H,5-8H2,1H3. The minimum Gasteiger partial charge on any atom is -0.345 e. The number of rotatable bonds is 3. The van der Waals surface area contributed by atoms with E-state index in [2.05, 4.69) is 14.9 Å². The normalized spacial score (nSPS) is 17.1. The zero-order valence-electron chi connectivity index (χ0n) is 11.6. The van der Waals surface area contributed by atoms with Gasteiger partial charge in [0.25, 0.3) is 0 Å². The maximum atomic E-state index is 12.5. The van der Waals surface area contributed by atoms with Gasteiger partial charge in [0.1, 0.15) is 4.90 Å². The van der Waals surface area contributed by atoms with Crippen molar-refractivity contribution in [2.45, 2.75) is 11.8 Å². The Labute approximate surface area is 128 Å². The van der Waals surface area contributed by atoms with Gasteiger partial charge in [0.05, 0.1) is 0 Å². The molecule has 0 aromatic carbocycles. The molecule has 0 atom stereocenters. The van der Waals surface area contributed by atoms with Gasteiger partial charge in [0.2, 0.25) is 10.0 Å². The molecule has 0 unspecified atom stereocenters. The van der Waals surface area contributed by atoms with Crippen LogP contribution in [-0.2, 0) is 10.0 Å². The van der Waals surface area contributed by atoms with Gasteiger partial charge >= 0.3 is 0 Å². The highest BCUT2D eigenvalue weighted by Crippen LogP contribution is 2.24. The number of hydrogen-bond acceptors (Lipinski definition) is 6. The van der Waals surface area contributed by atoms with Crippen molar-refractivity contribution < 1.29 is 8.42 Å². The Morgan fingerprint density at radius 1 is 1.19 bits per heavy atom. The van der Waals surface area contributed by atoms with Crippen LogP contribution in [0.1, 0.15) is 4.88 Å². The summed E-state index contributed by atoms with van der Waals surface area (Å²) in [6.07, 6.45) is 4.81. The predicted octanol–water partition coefficient (Wildman–Crippen LogP) is 1.36. The third-order valence-corrected chi connectivity index (χ3v) is 6.25. The molecule has 0 N–H and O–H groups in total. The van der Waals surface area contributed by atoms with Crippen molar-refractivity contribution in [3.05, 3.63) is 35.6 Å². The molecule has 2 aromatic heterocycles. The van der Waals surface area contributed by atoms with Crippen LogP contribution in [0.4, 0.5) is 5.13 Å². The van der Waals surface area contributed by atoms with Gasteiger partial charge in [-0.3, -0.25) is 4.98 Å². The summed E-state index contributed by atoms with van der Waals surface area (Å²) in [6, 6.07) is 3.22. The molecule has 21 heavy (non-hydrogen) atoms. The Morgan fingerprint density at radius 3 is 2.52 bits per heavy atom. The third-order valence-electron chi connectivity index (χ3n) is 3.39. The lowest BCUT2D eigenvalue weighted by molar-refractivity contribution is 0.384. The van der Waals surface area contributed by atoms with Crippen LogP contribution in [0.2, 0.25) is 0 Å². The van der Waals surface area contributed by atoms with Gasteiger partial charge in [-0.25, -0.2) is 13.4 Å². The van der Waals surface area contributed by atoms with Crippen LogP contribution in [-0.4, -0.2) is 48.9 Å². The summed E-state index contributed by atoms with van der Waals surface area (Å²) in [7, 11) is -3.44. The molecule has 0 radical (unpaired) electrons. The summed E-state index contributed by atoms with van der Waals surface area (Å²) in [6.45, 7) is 4.27. The maximum Gasteiger partial charge on any atom is 0.244 e. The van der Waals surface area contributed by atoms with Crippen molar-refractivity contribution in [2.24, 2.45) is 0 Å². The van der Waals surface area contributed by atoms with Crippen molar-refractivity contribution in [3.8, 4) is 0 Å². The molecule has 112 valence electrons. The molecule has 0 bridgehead atoms. The van der Waals surface area contributed by atoms with E-state index in [1.165, 1.54) is 10.5 Å². The van der Waals surface area contributed by atoms with Gasteiger partial charge < -0.3 is 4.90 Å². The highest BCUT2D eigenvalue weighted by atomic mass is 32.2. The fraction of sp³-hybridized carbons (Fsp3) is 0.385. The summed E-state index contributed by atoms with van der Waals surface area (Å²) >= 11 is 1.64. The van der Waals surface area contributed by atoms with Crippen molar-refractivity contribution in [1.82, 2.24) is 14.3 Å². The first kappa shape index (κ1) is 14.4. The number of sulfonamides is 1. The highest BCUT2D eigenvalue weighted by Gasteiger charge is 2.29. The van der Waals surface area contributed by atoms with Crippen LogP contribution in [0.5, 0.6) is 0 Å². The molecule has 1 saturated heterocycles. The smallest absolute Gasteiger partial charge is 0.244 e. The molecule has 0 amide bonds. The van der Waals surface area contributed by atoms with Gasteiger partial charge in [-0.05, 0) is 19.1 Å². The number of aromatic nitrogens is 2. The average molecular weight is 324 g/mol. The topological polar surface area (TPSA) is 66.4 Å². The van der Waals surface area contributed by atoms with Crippen LogP contribution < -0.4 is 4.90 Å². The van der Waals surface area contributed by atoms with Gasteiger partial charge in [-0.15, -0.1) is 11.3 Å². The second-order valence-corrected chi connectivity index (χ2v) is 7.98. The first-order chi connectivity index (χ1) is 10.1. The Bertz CT molecular complexity index is 707. The number of hydrogen-bond donors (Lipinski definition) is 0. The molecule has 3 rings (SSSR count). The van der Waals surface area contributed by atoms with E-state index in [1.54, 1.807) is 29.7 Å². The molecule has 3 heterocycles. The maximum absolute atomic E-state index is 12.5. The number of anilines is 1. The molecule has 1 aliphatic heterocycles. The fourth-order valence-corrected chi connectivity index (χ4v) is 4.45. The number of piperazine rings is 1. The fourth-order valence-electron chi connectivity index (χ4n) is 2.26. The van der Waals surface area contributed by atoms with Crippen LogP contribution in [0.25, 0.3) is 0 Å². The van der Waals surface area contributed by atoms with Gasteiger partial charge in [0, 0.05) is 49.6 Å². The summed E-state index contributed by atoms with van der Waals surface area (Å²) < 4.78 is 26.5. The van der Waals surface area contributed by atoms with Crippen molar-refractivity contribution in [2.75, 3.05) is 31.1 Å². The van der Waals surface area contributed by atoms with Gasteiger partial charge in [-0.1, -0.05) is 0 Å². The minimum atomic E-state index is -3.44. The highest BCUT2D eigenvalue weighted by molar-refractivity contribution is 7.89. The lowest BCUT2D eigenvalue weighted by Gasteiger charge is -2.33. The van der Waals surface area contributed by atoms with E-state index in [-0.39, 0.29) is 4.90 Å². The lowest BCUT2D eigenvalue weighted by atomic mass is 10.4. The molecule has 1 aliphatic rings. The minimum absolute atomic E-state index is 0.253. The van der Waals surface area contributed by atoms with Crippen molar-refractivity contribution in [1.29, 1.82) is 0 Å². The van der Waals surface area contributed by atoms with E-state index in [0.29, 0.717) is 26.2 Å². The summed E-state index contributed by atoms with van der Waals surface area (Å²) in [5.74, 6) is 0. The second-order valence-electron chi connectivity index (χ2n) is 4.83. The molecular formula is C13H16N4O2S2. The van der Waals surface area contributed by atoms with Gasteiger partial charge in [-0.2, -0.15) is 4.31 Å². The Morgan fingerprint density at radius 2 is 1.95 bits per heavy atom. The van der Waals surface area contributed by atoms with Crippen molar-refractivity contribution >= 4 is 26.5 Å². The zero-order chi connectivity index (χ0) is 14.9. The summed E-state index contributed by atoms with van der Waals surface area (Å²) in [4.78, 5) is 11.8. The predicted molar refractivity (Wildman–Crippen MR) is 82.1 cm³/mol. The number of pyridine rings is 1. The van der Waals surface area contributed by atoms with Crippen LogP contribution in [0, 0.1) is 6.92 Å². The van der Waals surface area contributed by atoms with Crippen LogP contribution in [0.3, 0.4) is 0 Å².